The predicted molar refractivity (Wildman–Crippen MR) is 55.0 cm³/mol. The number of aldehydes is 1. The lowest BCUT2D eigenvalue weighted by Gasteiger charge is -2.04. The molecule has 0 saturated carbocycles. The van der Waals surface area contributed by atoms with Gasteiger partial charge in [0.25, 0.3) is 0 Å². The Bertz CT molecular complexity index is 482. The fourth-order valence-electron chi connectivity index (χ4n) is 1.42. The topological polar surface area (TPSA) is 30.0 Å². The molecule has 0 atom stereocenters. The Kier molecular flexibility index (Phi) is 2.54. The van der Waals surface area contributed by atoms with Crippen LogP contribution in [-0.4, -0.2) is 11.3 Å². The molecule has 0 amide bonds. The number of pyridine rings is 1. The van der Waals surface area contributed by atoms with Gasteiger partial charge in [0.15, 0.2) is 6.29 Å². The van der Waals surface area contributed by atoms with Crippen molar-refractivity contribution >= 4 is 6.29 Å². The molecule has 1 aromatic carbocycles. The van der Waals surface area contributed by atoms with E-state index in [1.807, 2.05) is 0 Å². The van der Waals surface area contributed by atoms with Gasteiger partial charge in [0.1, 0.15) is 5.82 Å². The van der Waals surface area contributed by atoms with Crippen LogP contribution in [0.2, 0.25) is 0 Å². The minimum absolute atomic E-state index is 0.258. The second-order valence-corrected chi connectivity index (χ2v) is 3.04. The van der Waals surface area contributed by atoms with E-state index in [0.717, 1.165) is 0 Å². The predicted octanol–water partition coefficient (Wildman–Crippen LogP) is 2.70. The number of carbonyl (C=O) groups is 1. The Morgan fingerprint density at radius 3 is 2.67 bits per heavy atom. The molecule has 74 valence electrons. The second-order valence-electron chi connectivity index (χ2n) is 3.04. The number of hydrogen-bond acceptors (Lipinski definition) is 2. The van der Waals surface area contributed by atoms with Crippen LogP contribution in [0.5, 0.6) is 0 Å². The van der Waals surface area contributed by atoms with Crippen LogP contribution in [0, 0.1) is 5.82 Å². The second kappa shape index (κ2) is 4.00. The van der Waals surface area contributed by atoms with Gasteiger partial charge in [-0.3, -0.25) is 9.78 Å². The van der Waals surface area contributed by atoms with Gasteiger partial charge in [0.2, 0.25) is 0 Å². The Hall–Kier alpha value is -2.03. The van der Waals surface area contributed by atoms with Gasteiger partial charge in [-0.1, -0.05) is 18.2 Å². The normalized spacial score (nSPS) is 9.93. The summed E-state index contributed by atoms with van der Waals surface area (Å²) in [7, 11) is 0. The number of halogens is 1. The molecule has 0 aliphatic rings. The van der Waals surface area contributed by atoms with Crippen molar-refractivity contribution < 1.29 is 9.18 Å². The van der Waals surface area contributed by atoms with Crippen LogP contribution in [0.1, 0.15) is 10.4 Å². The highest BCUT2D eigenvalue weighted by Crippen LogP contribution is 2.23. The van der Waals surface area contributed by atoms with E-state index in [9.17, 15) is 9.18 Å². The van der Waals surface area contributed by atoms with Crippen molar-refractivity contribution in [1.82, 2.24) is 4.98 Å². The van der Waals surface area contributed by atoms with Crippen molar-refractivity contribution in [2.45, 2.75) is 0 Å². The largest absolute Gasteiger partial charge is 0.298 e. The van der Waals surface area contributed by atoms with Crippen LogP contribution in [0.4, 0.5) is 4.39 Å². The molecule has 1 heterocycles. The number of nitrogens with zero attached hydrogens (tertiary/aromatic N) is 1. The van der Waals surface area contributed by atoms with E-state index in [-0.39, 0.29) is 5.56 Å². The molecule has 2 rings (SSSR count). The first-order valence-electron chi connectivity index (χ1n) is 4.48. The van der Waals surface area contributed by atoms with E-state index in [2.05, 4.69) is 4.98 Å². The third-order valence-electron chi connectivity index (χ3n) is 2.09. The average molecular weight is 201 g/mol. The molecule has 0 radical (unpaired) electrons. The summed E-state index contributed by atoms with van der Waals surface area (Å²) in [6.07, 6.45) is 2.20. The molecule has 2 aromatic rings. The number of rotatable bonds is 2. The molecule has 15 heavy (non-hydrogen) atoms. The number of hydrogen-bond donors (Lipinski definition) is 0. The SMILES string of the molecule is O=Cc1cccc(F)c1-c1ccccn1. The zero-order valence-electron chi connectivity index (χ0n) is 7.85. The zero-order valence-corrected chi connectivity index (χ0v) is 7.85. The lowest BCUT2D eigenvalue weighted by molar-refractivity contribution is 0.112. The van der Waals surface area contributed by atoms with Crippen LogP contribution in [0.15, 0.2) is 42.6 Å². The van der Waals surface area contributed by atoms with Crippen molar-refractivity contribution in [3.8, 4) is 11.3 Å². The van der Waals surface area contributed by atoms with E-state index >= 15 is 0 Å². The van der Waals surface area contributed by atoms with Crippen molar-refractivity contribution in [2.75, 3.05) is 0 Å². The molecule has 0 aliphatic heterocycles. The molecular weight excluding hydrogens is 193 g/mol. The summed E-state index contributed by atoms with van der Waals surface area (Å²) in [5.74, 6) is -0.432. The summed E-state index contributed by atoms with van der Waals surface area (Å²) in [5, 5.41) is 0. The minimum Gasteiger partial charge on any atom is -0.298 e. The van der Waals surface area contributed by atoms with Crippen LogP contribution in [0.25, 0.3) is 11.3 Å². The van der Waals surface area contributed by atoms with Crippen LogP contribution in [-0.2, 0) is 0 Å². The highest BCUT2D eigenvalue weighted by Gasteiger charge is 2.10. The van der Waals surface area contributed by atoms with Gasteiger partial charge in [-0.2, -0.15) is 0 Å². The first-order chi connectivity index (χ1) is 7.33. The molecule has 0 fully saturated rings. The first kappa shape index (κ1) is 9.52. The van der Waals surface area contributed by atoms with E-state index in [1.54, 1.807) is 30.5 Å². The molecule has 0 saturated heterocycles. The first-order valence-corrected chi connectivity index (χ1v) is 4.48. The Morgan fingerprint density at radius 1 is 1.13 bits per heavy atom. The molecule has 3 heteroatoms. The maximum absolute atomic E-state index is 13.5. The van der Waals surface area contributed by atoms with Crippen LogP contribution < -0.4 is 0 Å². The molecule has 1 aromatic heterocycles. The van der Waals surface area contributed by atoms with Gasteiger partial charge in [-0.05, 0) is 18.2 Å². The summed E-state index contributed by atoms with van der Waals surface area (Å²) in [4.78, 5) is 14.8. The van der Waals surface area contributed by atoms with Crippen LogP contribution >= 0.6 is 0 Å². The molecule has 0 aliphatic carbocycles. The van der Waals surface area contributed by atoms with Gasteiger partial charge in [-0.15, -0.1) is 0 Å². The Morgan fingerprint density at radius 2 is 2.00 bits per heavy atom. The number of benzene rings is 1. The monoisotopic (exact) mass is 201 g/mol. The minimum atomic E-state index is -0.432. The highest BCUT2D eigenvalue weighted by molar-refractivity contribution is 5.86. The maximum atomic E-state index is 13.5. The van der Waals surface area contributed by atoms with Crippen molar-refractivity contribution in [2.24, 2.45) is 0 Å². The molecule has 2 nitrogen and oxygen atoms in total. The van der Waals surface area contributed by atoms with E-state index in [0.29, 0.717) is 17.5 Å². The summed E-state index contributed by atoms with van der Waals surface area (Å²) < 4.78 is 13.5. The summed E-state index contributed by atoms with van der Waals surface area (Å²) in [5.41, 5.74) is 1.04. The van der Waals surface area contributed by atoms with Gasteiger partial charge >= 0.3 is 0 Å². The van der Waals surface area contributed by atoms with Gasteiger partial charge in [-0.25, -0.2) is 4.39 Å². The lowest BCUT2D eigenvalue weighted by Crippen LogP contribution is -1.93. The van der Waals surface area contributed by atoms with Crippen LogP contribution in [0.3, 0.4) is 0 Å². The van der Waals surface area contributed by atoms with E-state index in [4.69, 9.17) is 0 Å². The summed E-state index contributed by atoms with van der Waals surface area (Å²) >= 11 is 0. The lowest BCUT2D eigenvalue weighted by atomic mass is 10.0. The van der Waals surface area contributed by atoms with Gasteiger partial charge in [0.05, 0.1) is 5.69 Å². The summed E-state index contributed by atoms with van der Waals surface area (Å²) in [6.45, 7) is 0. The molecular formula is C12H8FNO. The molecule has 0 spiro atoms. The Labute approximate surface area is 86.4 Å². The number of carbonyl (C=O) groups excluding carboxylic acids is 1. The van der Waals surface area contributed by atoms with Gasteiger partial charge in [0, 0.05) is 17.3 Å². The number of aromatic nitrogens is 1. The fourth-order valence-corrected chi connectivity index (χ4v) is 1.42. The van der Waals surface area contributed by atoms with Crippen molar-refractivity contribution in [3.05, 3.63) is 54.0 Å². The quantitative estimate of drug-likeness (QED) is 0.699. The van der Waals surface area contributed by atoms with Crippen molar-refractivity contribution in [3.63, 3.8) is 0 Å². The average Bonchev–Trinajstić information content (AvgIpc) is 2.29. The Balaban J connectivity index is 2.66. The molecule has 0 N–H and O–H groups in total. The maximum Gasteiger partial charge on any atom is 0.150 e. The smallest absolute Gasteiger partial charge is 0.150 e. The third kappa shape index (κ3) is 1.76. The summed E-state index contributed by atoms with van der Waals surface area (Å²) in [6, 6.07) is 9.56. The van der Waals surface area contributed by atoms with E-state index in [1.165, 1.54) is 12.1 Å². The molecule has 0 bridgehead atoms. The van der Waals surface area contributed by atoms with Gasteiger partial charge < -0.3 is 0 Å². The fraction of sp³-hybridized carbons (Fsp3) is 0. The standard InChI is InChI=1S/C12H8FNO/c13-10-5-3-4-9(8-15)12(10)11-6-1-2-7-14-11/h1-8H. The molecule has 0 unspecified atom stereocenters. The third-order valence-corrected chi connectivity index (χ3v) is 2.09. The van der Waals surface area contributed by atoms with Crippen molar-refractivity contribution in [1.29, 1.82) is 0 Å². The zero-order chi connectivity index (χ0) is 10.7. The highest BCUT2D eigenvalue weighted by atomic mass is 19.1. The van der Waals surface area contributed by atoms with E-state index < -0.39 is 5.82 Å².